The summed E-state index contributed by atoms with van der Waals surface area (Å²) < 4.78 is 46.3. The van der Waals surface area contributed by atoms with E-state index in [-0.39, 0.29) is 24.5 Å². The summed E-state index contributed by atoms with van der Waals surface area (Å²) in [4.78, 5) is 4.54. The van der Waals surface area contributed by atoms with Crippen LogP contribution in [0.5, 0.6) is 0 Å². The molecule has 4 heteroatoms. The summed E-state index contributed by atoms with van der Waals surface area (Å²) in [6.07, 6.45) is 6.83. The molecular weight excluding hydrogens is 371 g/mol. The average molecular weight is 397 g/mol. The van der Waals surface area contributed by atoms with Gasteiger partial charge in [-0.2, -0.15) is 0 Å². The van der Waals surface area contributed by atoms with Crippen LogP contribution in [0.1, 0.15) is 57.4 Å². The summed E-state index contributed by atoms with van der Waals surface area (Å²) in [5.41, 5.74) is 0.564. The first-order valence-electron chi connectivity index (χ1n) is 10.2. The third-order valence-corrected chi connectivity index (χ3v) is 6.67. The Morgan fingerprint density at radius 2 is 2.03 bits per heavy atom. The van der Waals surface area contributed by atoms with Crippen LogP contribution in [0.25, 0.3) is 16.3 Å². The summed E-state index contributed by atoms with van der Waals surface area (Å²) in [6.45, 7) is 9.17. The quantitative estimate of drug-likeness (QED) is 0.495. The molecule has 4 rings (SSSR count). The first-order valence-corrected chi connectivity index (χ1v) is 10.2. The zero-order valence-electron chi connectivity index (χ0n) is 17.5. The number of pyridine rings is 1. The van der Waals surface area contributed by atoms with E-state index < -0.39 is 17.0 Å². The van der Waals surface area contributed by atoms with Gasteiger partial charge in [-0.25, -0.2) is 13.2 Å². The van der Waals surface area contributed by atoms with E-state index in [2.05, 4.69) is 4.98 Å². The normalized spacial score (nSPS) is 22.6. The van der Waals surface area contributed by atoms with Crippen molar-refractivity contribution in [1.29, 1.82) is 0 Å². The van der Waals surface area contributed by atoms with Crippen molar-refractivity contribution in [2.75, 3.05) is 0 Å². The van der Waals surface area contributed by atoms with E-state index in [9.17, 15) is 4.39 Å². The fourth-order valence-corrected chi connectivity index (χ4v) is 5.17. The van der Waals surface area contributed by atoms with Crippen LogP contribution in [-0.4, -0.2) is 10.7 Å². The smallest absolute Gasteiger partial charge is 0.136 e. The second-order valence-corrected chi connectivity index (χ2v) is 8.67. The van der Waals surface area contributed by atoms with Crippen molar-refractivity contribution in [3.63, 3.8) is 0 Å². The fraction of sp³-hybridized carbons (Fsp3) is 0.400. The van der Waals surface area contributed by atoms with E-state index in [1.807, 2.05) is 13.8 Å². The Hall–Kier alpha value is -2.36. The number of fused-ring (bicyclic) bond motifs is 1. The first-order chi connectivity index (χ1) is 13.7. The SMILES string of the molecule is CC=CC(F)(CC)C1CC=C(F)C2=C1c1nccc3c(F)c(C)cc(c13)C2(C)C. The molecule has 1 aromatic heterocycles. The number of alkyl halides is 1. The van der Waals surface area contributed by atoms with Crippen LogP contribution >= 0.6 is 0 Å². The summed E-state index contributed by atoms with van der Waals surface area (Å²) >= 11 is 0. The third kappa shape index (κ3) is 2.64. The van der Waals surface area contributed by atoms with Gasteiger partial charge in [0, 0.05) is 33.9 Å². The van der Waals surface area contributed by atoms with Crippen LogP contribution in [-0.2, 0) is 5.41 Å². The van der Waals surface area contributed by atoms with Gasteiger partial charge in [0.25, 0.3) is 0 Å². The van der Waals surface area contributed by atoms with Gasteiger partial charge >= 0.3 is 0 Å². The fourth-order valence-electron chi connectivity index (χ4n) is 5.17. The molecule has 1 nitrogen and oxygen atoms in total. The predicted molar refractivity (Wildman–Crippen MR) is 113 cm³/mol. The van der Waals surface area contributed by atoms with Crippen LogP contribution in [0.4, 0.5) is 13.2 Å². The summed E-state index contributed by atoms with van der Waals surface area (Å²) in [6, 6.07) is 3.45. The van der Waals surface area contributed by atoms with E-state index in [1.165, 1.54) is 6.08 Å². The topological polar surface area (TPSA) is 12.9 Å². The van der Waals surface area contributed by atoms with Crippen molar-refractivity contribution >= 4 is 16.3 Å². The number of halogens is 3. The average Bonchev–Trinajstić information content (AvgIpc) is 2.69. The molecule has 0 fully saturated rings. The van der Waals surface area contributed by atoms with Crippen molar-refractivity contribution in [1.82, 2.24) is 4.98 Å². The molecule has 29 heavy (non-hydrogen) atoms. The van der Waals surface area contributed by atoms with E-state index in [4.69, 9.17) is 0 Å². The Kier molecular flexibility index (Phi) is 4.52. The highest BCUT2D eigenvalue weighted by atomic mass is 19.1. The van der Waals surface area contributed by atoms with Gasteiger partial charge in [0.2, 0.25) is 0 Å². The Balaban J connectivity index is 2.14. The van der Waals surface area contributed by atoms with E-state index in [1.54, 1.807) is 51.3 Å². The molecule has 0 amide bonds. The van der Waals surface area contributed by atoms with Gasteiger partial charge in [-0.3, -0.25) is 4.98 Å². The number of rotatable bonds is 3. The number of aromatic nitrogens is 1. The van der Waals surface area contributed by atoms with Gasteiger partial charge in [-0.1, -0.05) is 39.0 Å². The highest BCUT2D eigenvalue weighted by Crippen LogP contribution is 2.56. The van der Waals surface area contributed by atoms with Gasteiger partial charge in [0.15, 0.2) is 0 Å². The first kappa shape index (κ1) is 19.9. The molecule has 2 aromatic rings. The molecule has 0 saturated carbocycles. The summed E-state index contributed by atoms with van der Waals surface area (Å²) in [5.74, 6) is -1.20. The Labute approximate surface area is 170 Å². The molecule has 2 aliphatic carbocycles. The maximum absolute atomic E-state index is 16.1. The molecule has 2 aliphatic rings. The van der Waals surface area contributed by atoms with Crippen molar-refractivity contribution in [2.24, 2.45) is 5.92 Å². The second kappa shape index (κ2) is 6.58. The molecule has 0 N–H and O–H groups in total. The molecule has 1 aromatic carbocycles. The maximum atomic E-state index is 16.1. The van der Waals surface area contributed by atoms with Crippen molar-refractivity contribution < 1.29 is 13.2 Å². The van der Waals surface area contributed by atoms with Crippen LogP contribution < -0.4 is 0 Å². The van der Waals surface area contributed by atoms with Crippen LogP contribution in [0.3, 0.4) is 0 Å². The highest BCUT2D eigenvalue weighted by molar-refractivity contribution is 6.01. The summed E-state index contributed by atoms with van der Waals surface area (Å²) in [5, 5.41) is 1.14. The molecule has 0 radical (unpaired) electrons. The third-order valence-electron chi connectivity index (χ3n) is 6.67. The number of hydrogen-bond acceptors (Lipinski definition) is 1. The molecule has 0 bridgehead atoms. The van der Waals surface area contributed by atoms with Crippen molar-refractivity contribution in [3.05, 3.63) is 70.6 Å². The number of nitrogens with zero attached hydrogens (tertiary/aromatic N) is 1. The van der Waals surface area contributed by atoms with Gasteiger partial charge in [-0.05, 0) is 55.5 Å². The standard InChI is InChI=1S/C25H26F3N/c1-6-11-25(28,7-2)16-8-9-18(26)21-20(16)23-19-15(10-12-29-23)22(27)14(3)13-17(19)24(21,4)5/h6,9-13,16H,7-8H2,1-5H3. The molecule has 2 unspecified atom stereocenters. The van der Waals surface area contributed by atoms with Gasteiger partial charge < -0.3 is 0 Å². The van der Waals surface area contributed by atoms with E-state index >= 15 is 8.78 Å². The van der Waals surface area contributed by atoms with Gasteiger partial charge in [0.1, 0.15) is 17.3 Å². The van der Waals surface area contributed by atoms with Gasteiger partial charge in [0.05, 0.1) is 5.69 Å². The molecule has 152 valence electrons. The van der Waals surface area contributed by atoms with Crippen molar-refractivity contribution in [2.45, 2.75) is 58.5 Å². The van der Waals surface area contributed by atoms with Crippen LogP contribution in [0.2, 0.25) is 0 Å². The monoisotopic (exact) mass is 397 g/mol. The van der Waals surface area contributed by atoms with E-state index in [0.29, 0.717) is 33.2 Å². The highest BCUT2D eigenvalue weighted by Gasteiger charge is 2.48. The Morgan fingerprint density at radius 3 is 2.69 bits per heavy atom. The lowest BCUT2D eigenvalue weighted by Gasteiger charge is -2.43. The maximum Gasteiger partial charge on any atom is 0.136 e. The van der Waals surface area contributed by atoms with Crippen molar-refractivity contribution in [3.8, 4) is 0 Å². The largest absolute Gasteiger partial charge is 0.256 e. The molecule has 2 atom stereocenters. The number of aryl methyl sites for hydroxylation is 1. The molecule has 0 aliphatic heterocycles. The summed E-state index contributed by atoms with van der Waals surface area (Å²) in [7, 11) is 0. The molecule has 1 heterocycles. The zero-order valence-corrected chi connectivity index (χ0v) is 17.5. The minimum absolute atomic E-state index is 0.247. The molecule has 0 spiro atoms. The van der Waals surface area contributed by atoms with Gasteiger partial charge in [-0.15, -0.1) is 0 Å². The lowest BCUT2D eigenvalue weighted by atomic mass is 9.62. The molecular formula is C25H26F3N. The Bertz CT molecular complexity index is 1110. The molecule has 0 saturated heterocycles. The zero-order chi connectivity index (χ0) is 21.1. The lowest BCUT2D eigenvalue weighted by Crippen LogP contribution is -2.38. The minimum Gasteiger partial charge on any atom is -0.256 e. The number of hydrogen-bond donors (Lipinski definition) is 0. The number of allylic oxidation sites excluding steroid dienone is 6. The van der Waals surface area contributed by atoms with Crippen LogP contribution in [0.15, 0.2) is 48.0 Å². The lowest BCUT2D eigenvalue weighted by molar-refractivity contribution is 0.163. The second-order valence-electron chi connectivity index (χ2n) is 8.67. The minimum atomic E-state index is -1.63. The number of benzene rings is 1. The Morgan fingerprint density at radius 1 is 1.31 bits per heavy atom. The van der Waals surface area contributed by atoms with Crippen LogP contribution in [0, 0.1) is 18.7 Å². The predicted octanol–water partition coefficient (Wildman–Crippen LogP) is 7.29. The van der Waals surface area contributed by atoms with E-state index in [0.717, 1.165) is 5.56 Å².